The average molecular weight is 452 g/mol. The molecule has 33 heavy (non-hydrogen) atoms. The highest BCUT2D eigenvalue weighted by atomic mass is 16.5. The molecule has 1 aromatic rings. The summed E-state index contributed by atoms with van der Waals surface area (Å²) >= 11 is 0. The van der Waals surface area contributed by atoms with Crippen LogP contribution in [0.15, 0.2) is 24.3 Å². The second-order valence-electron chi connectivity index (χ2n) is 11.4. The standard InChI is InChI=1S/C27H37N3O3/c31-25(28-23-5-3-19(4-6-23)18-29-8-10-33-11-9-29)24-2-1-7-30(24)26(32)27-15-20-12-21(16-27)14-22(13-20)17-27/h3-6,20-22,24H,1-2,7-18H2,(H,28,31). The summed E-state index contributed by atoms with van der Waals surface area (Å²) in [6.07, 6.45) is 8.88. The van der Waals surface area contributed by atoms with E-state index >= 15 is 0 Å². The first-order chi connectivity index (χ1) is 16.1. The van der Waals surface area contributed by atoms with Gasteiger partial charge < -0.3 is 15.0 Å². The number of nitrogens with zero attached hydrogens (tertiary/aromatic N) is 2. The molecule has 7 rings (SSSR count). The number of rotatable bonds is 5. The van der Waals surface area contributed by atoms with Crippen LogP contribution in [0.2, 0.25) is 0 Å². The van der Waals surface area contributed by atoms with Crippen molar-refractivity contribution in [1.29, 1.82) is 0 Å². The summed E-state index contributed by atoms with van der Waals surface area (Å²) < 4.78 is 5.43. The molecule has 6 aliphatic rings. The van der Waals surface area contributed by atoms with E-state index in [0.29, 0.717) is 5.91 Å². The van der Waals surface area contributed by atoms with Crippen LogP contribution in [-0.2, 0) is 20.9 Å². The van der Waals surface area contributed by atoms with Crippen LogP contribution in [0.3, 0.4) is 0 Å². The normalized spacial score (nSPS) is 35.7. The quantitative estimate of drug-likeness (QED) is 0.742. The van der Waals surface area contributed by atoms with Gasteiger partial charge in [-0.1, -0.05) is 12.1 Å². The molecule has 4 bridgehead atoms. The number of hydrogen-bond donors (Lipinski definition) is 1. The molecule has 1 aromatic carbocycles. The second kappa shape index (κ2) is 8.70. The number of morpholine rings is 1. The van der Waals surface area contributed by atoms with Crippen LogP contribution in [-0.4, -0.2) is 60.5 Å². The summed E-state index contributed by atoms with van der Waals surface area (Å²) in [7, 11) is 0. The Kier molecular flexibility index (Phi) is 5.69. The third-order valence-corrected chi connectivity index (χ3v) is 9.04. The van der Waals surface area contributed by atoms with Crippen LogP contribution in [0.1, 0.15) is 56.9 Å². The van der Waals surface area contributed by atoms with E-state index in [1.54, 1.807) is 0 Å². The lowest BCUT2D eigenvalue weighted by molar-refractivity contribution is -0.160. The topological polar surface area (TPSA) is 61.9 Å². The first-order valence-electron chi connectivity index (χ1n) is 13.1. The van der Waals surface area contributed by atoms with Gasteiger partial charge in [-0.05, 0) is 86.8 Å². The fraction of sp³-hybridized carbons (Fsp3) is 0.704. The van der Waals surface area contributed by atoms with E-state index in [1.165, 1.54) is 24.8 Å². The predicted octanol–water partition coefficient (Wildman–Crippen LogP) is 3.66. The Morgan fingerprint density at radius 1 is 0.939 bits per heavy atom. The van der Waals surface area contributed by atoms with Gasteiger partial charge >= 0.3 is 0 Å². The maximum absolute atomic E-state index is 13.8. The molecule has 1 N–H and O–H groups in total. The smallest absolute Gasteiger partial charge is 0.247 e. The molecule has 2 saturated heterocycles. The molecule has 178 valence electrons. The van der Waals surface area contributed by atoms with Gasteiger partial charge in [-0.2, -0.15) is 0 Å². The summed E-state index contributed by atoms with van der Waals surface area (Å²) in [6.45, 7) is 5.17. The van der Waals surface area contributed by atoms with E-state index in [2.05, 4.69) is 22.3 Å². The van der Waals surface area contributed by atoms with Gasteiger partial charge in [0, 0.05) is 31.9 Å². The Morgan fingerprint density at radius 3 is 2.21 bits per heavy atom. The minimum atomic E-state index is -0.321. The van der Waals surface area contributed by atoms with Gasteiger partial charge in [-0.25, -0.2) is 0 Å². The van der Waals surface area contributed by atoms with Crippen molar-refractivity contribution in [2.24, 2.45) is 23.2 Å². The van der Waals surface area contributed by atoms with Crippen molar-refractivity contribution in [1.82, 2.24) is 9.80 Å². The zero-order chi connectivity index (χ0) is 22.4. The largest absolute Gasteiger partial charge is 0.379 e. The lowest BCUT2D eigenvalue weighted by Crippen LogP contribution is -2.56. The Bertz CT molecular complexity index is 857. The monoisotopic (exact) mass is 451 g/mol. The fourth-order valence-corrected chi connectivity index (χ4v) is 7.90. The van der Waals surface area contributed by atoms with Crippen LogP contribution in [0.25, 0.3) is 0 Å². The summed E-state index contributed by atoms with van der Waals surface area (Å²) in [4.78, 5) is 31.4. The third-order valence-electron chi connectivity index (χ3n) is 9.04. The first kappa shape index (κ1) is 21.6. The Balaban J connectivity index is 1.09. The molecular weight excluding hydrogens is 414 g/mol. The molecule has 6 heteroatoms. The number of carbonyl (C=O) groups excluding carboxylic acids is 2. The number of ether oxygens (including phenoxy) is 1. The molecular formula is C27H37N3O3. The van der Waals surface area contributed by atoms with E-state index < -0.39 is 0 Å². The SMILES string of the molecule is O=C(Nc1ccc(CN2CCOCC2)cc1)C1CCCN1C(=O)C12CC3CC(CC(C3)C1)C2. The van der Waals surface area contributed by atoms with Gasteiger partial charge in [0.2, 0.25) is 11.8 Å². The van der Waals surface area contributed by atoms with Gasteiger partial charge in [-0.3, -0.25) is 14.5 Å². The average Bonchev–Trinajstić information content (AvgIpc) is 3.30. The maximum Gasteiger partial charge on any atom is 0.247 e. The number of likely N-dealkylation sites (tertiary alicyclic amines) is 1. The minimum absolute atomic E-state index is 0.0218. The van der Waals surface area contributed by atoms with E-state index in [0.717, 1.165) is 94.9 Å². The molecule has 2 aliphatic heterocycles. The molecule has 6 fully saturated rings. The number of anilines is 1. The van der Waals surface area contributed by atoms with E-state index in [9.17, 15) is 9.59 Å². The molecule has 2 amide bonds. The summed E-state index contributed by atoms with van der Waals surface area (Å²) in [5.74, 6) is 2.50. The fourth-order valence-electron chi connectivity index (χ4n) is 7.90. The number of nitrogens with one attached hydrogen (secondary N) is 1. The molecule has 1 unspecified atom stereocenters. The van der Waals surface area contributed by atoms with Crippen molar-refractivity contribution in [2.45, 2.75) is 64.0 Å². The van der Waals surface area contributed by atoms with Gasteiger partial charge in [-0.15, -0.1) is 0 Å². The summed E-state index contributed by atoms with van der Waals surface area (Å²) in [6, 6.07) is 7.86. The Hall–Kier alpha value is -1.92. The number of benzene rings is 1. The molecule has 4 aliphatic carbocycles. The zero-order valence-electron chi connectivity index (χ0n) is 19.6. The van der Waals surface area contributed by atoms with Crippen molar-refractivity contribution >= 4 is 17.5 Å². The molecule has 1 atom stereocenters. The highest BCUT2D eigenvalue weighted by Crippen LogP contribution is 2.60. The molecule has 4 saturated carbocycles. The van der Waals surface area contributed by atoms with Crippen LogP contribution >= 0.6 is 0 Å². The maximum atomic E-state index is 13.8. The highest BCUT2D eigenvalue weighted by molar-refractivity contribution is 5.98. The van der Waals surface area contributed by atoms with Gasteiger partial charge in [0.1, 0.15) is 6.04 Å². The summed E-state index contributed by atoms with van der Waals surface area (Å²) in [5, 5.41) is 3.11. The zero-order valence-corrected chi connectivity index (χ0v) is 19.6. The minimum Gasteiger partial charge on any atom is -0.379 e. The van der Waals surface area contributed by atoms with Crippen molar-refractivity contribution in [3.05, 3.63) is 29.8 Å². The van der Waals surface area contributed by atoms with E-state index in [1.807, 2.05) is 17.0 Å². The van der Waals surface area contributed by atoms with Crippen molar-refractivity contribution in [3.63, 3.8) is 0 Å². The second-order valence-corrected chi connectivity index (χ2v) is 11.4. The predicted molar refractivity (Wildman–Crippen MR) is 127 cm³/mol. The van der Waals surface area contributed by atoms with Crippen LogP contribution in [0.4, 0.5) is 5.69 Å². The molecule has 0 spiro atoms. The number of amides is 2. The van der Waals surface area contributed by atoms with Crippen molar-refractivity contribution in [3.8, 4) is 0 Å². The van der Waals surface area contributed by atoms with Gasteiger partial charge in [0.05, 0.1) is 18.6 Å². The number of carbonyl (C=O) groups is 2. The molecule has 0 aromatic heterocycles. The van der Waals surface area contributed by atoms with Crippen LogP contribution < -0.4 is 5.32 Å². The molecule has 0 radical (unpaired) electrons. The summed E-state index contributed by atoms with van der Waals surface area (Å²) in [5.41, 5.74) is 1.90. The number of hydrogen-bond acceptors (Lipinski definition) is 4. The van der Waals surface area contributed by atoms with Crippen LogP contribution in [0, 0.1) is 23.2 Å². The van der Waals surface area contributed by atoms with E-state index in [4.69, 9.17) is 4.74 Å². The highest BCUT2D eigenvalue weighted by Gasteiger charge is 2.56. The molecule has 2 heterocycles. The molecule has 6 nitrogen and oxygen atoms in total. The Labute approximate surface area is 197 Å². The van der Waals surface area contributed by atoms with Crippen molar-refractivity contribution < 1.29 is 14.3 Å². The first-order valence-corrected chi connectivity index (χ1v) is 13.1. The Morgan fingerprint density at radius 2 is 1.58 bits per heavy atom. The van der Waals surface area contributed by atoms with Crippen molar-refractivity contribution in [2.75, 3.05) is 38.2 Å². The lowest BCUT2D eigenvalue weighted by atomic mass is 9.49. The lowest BCUT2D eigenvalue weighted by Gasteiger charge is -2.56. The third kappa shape index (κ3) is 4.21. The van der Waals surface area contributed by atoms with E-state index in [-0.39, 0.29) is 17.4 Å². The van der Waals surface area contributed by atoms with Gasteiger partial charge in [0.15, 0.2) is 0 Å². The van der Waals surface area contributed by atoms with Gasteiger partial charge in [0.25, 0.3) is 0 Å². The van der Waals surface area contributed by atoms with Crippen LogP contribution in [0.5, 0.6) is 0 Å².